The molecular weight excluding hydrogens is 224 g/mol. The summed E-state index contributed by atoms with van der Waals surface area (Å²) in [5.74, 6) is 0.472. The van der Waals surface area contributed by atoms with Gasteiger partial charge >= 0.3 is 0 Å². The smallest absolute Gasteiger partial charge is 0.133 e. The topological polar surface area (TPSA) is 38.9 Å². The second-order valence-corrected chi connectivity index (χ2v) is 5.34. The largest absolute Gasteiger partial charge is 0.330 e. The summed E-state index contributed by atoms with van der Waals surface area (Å²) >= 11 is 3.46. The van der Waals surface area contributed by atoms with Gasteiger partial charge in [-0.05, 0) is 24.4 Å². The van der Waals surface area contributed by atoms with E-state index in [1.54, 1.807) is 22.7 Å². The van der Waals surface area contributed by atoms with Crippen molar-refractivity contribution in [3.05, 3.63) is 28.6 Å². The SMILES string of the molecule is CC(CCN)c1csc(-c2cccs2)n1. The molecule has 0 aliphatic heterocycles. The Kier molecular flexibility index (Phi) is 3.51. The standard InChI is InChI=1S/C11H14N2S2/c1-8(4-5-12)9-7-15-11(13-9)10-3-2-6-14-10/h2-3,6-8H,4-5,12H2,1H3. The molecule has 4 heteroatoms. The molecule has 1 unspecified atom stereocenters. The van der Waals surface area contributed by atoms with Crippen molar-refractivity contribution in [2.24, 2.45) is 5.73 Å². The quantitative estimate of drug-likeness (QED) is 0.887. The van der Waals surface area contributed by atoms with E-state index in [9.17, 15) is 0 Å². The fourth-order valence-electron chi connectivity index (χ4n) is 1.42. The van der Waals surface area contributed by atoms with Gasteiger partial charge in [0.2, 0.25) is 0 Å². The van der Waals surface area contributed by atoms with Crippen LogP contribution in [0.1, 0.15) is 25.0 Å². The molecule has 2 nitrogen and oxygen atoms in total. The molecule has 0 saturated heterocycles. The van der Waals surface area contributed by atoms with Gasteiger partial charge in [0.25, 0.3) is 0 Å². The van der Waals surface area contributed by atoms with Crippen LogP contribution >= 0.6 is 22.7 Å². The highest BCUT2D eigenvalue weighted by molar-refractivity contribution is 7.20. The summed E-state index contributed by atoms with van der Waals surface area (Å²) in [5.41, 5.74) is 6.72. The predicted molar refractivity (Wildman–Crippen MR) is 67.5 cm³/mol. The van der Waals surface area contributed by atoms with Gasteiger partial charge in [0, 0.05) is 11.3 Å². The molecular formula is C11H14N2S2. The van der Waals surface area contributed by atoms with Crippen LogP contribution in [0.5, 0.6) is 0 Å². The Morgan fingerprint density at radius 2 is 2.33 bits per heavy atom. The number of nitrogens with zero attached hydrogens (tertiary/aromatic N) is 1. The van der Waals surface area contributed by atoms with Crippen LogP contribution in [0.2, 0.25) is 0 Å². The third kappa shape index (κ3) is 2.45. The van der Waals surface area contributed by atoms with Gasteiger partial charge < -0.3 is 5.73 Å². The van der Waals surface area contributed by atoms with Gasteiger partial charge in [-0.15, -0.1) is 22.7 Å². The van der Waals surface area contributed by atoms with E-state index in [0.717, 1.165) is 18.0 Å². The summed E-state index contributed by atoms with van der Waals surface area (Å²) in [5, 5.41) is 5.36. The molecule has 0 fully saturated rings. The molecule has 2 aromatic heterocycles. The third-order valence-corrected chi connectivity index (χ3v) is 4.26. The number of hydrogen-bond donors (Lipinski definition) is 1. The normalized spacial score (nSPS) is 12.9. The van der Waals surface area contributed by atoms with Crippen LogP contribution in [-0.2, 0) is 0 Å². The first-order valence-electron chi connectivity index (χ1n) is 5.00. The van der Waals surface area contributed by atoms with Crippen LogP contribution in [0, 0.1) is 0 Å². The molecule has 0 aliphatic carbocycles. The molecule has 0 bridgehead atoms. The minimum Gasteiger partial charge on any atom is -0.330 e. The summed E-state index contributed by atoms with van der Waals surface area (Å²) in [6.45, 7) is 2.91. The van der Waals surface area contributed by atoms with Crippen LogP contribution in [0.15, 0.2) is 22.9 Å². The summed E-state index contributed by atoms with van der Waals surface area (Å²) in [4.78, 5) is 5.90. The molecule has 0 radical (unpaired) electrons. The van der Waals surface area contributed by atoms with E-state index in [4.69, 9.17) is 5.73 Å². The van der Waals surface area contributed by atoms with Gasteiger partial charge in [0.1, 0.15) is 5.01 Å². The van der Waals surface area contributed by atoms with E-state index >= 15 is 0 Å². The van der Waals surface area contributed by atoms with Gasteiger partial charge in [0.15, 0.2) is 0 Å². The molecule has 0 spiro atoms. The Morgan fingerprint density at radius 1 is 1.47 bits per heavy atom. The molecule has 15 heavy (non-hydrogen) atoms. The summed E-state index contributed by atoms with van der Waals surface area (Å²) in [7, 11) is 0. The fourth-order valence-corrected chi connectivity index (χ4v) is 3.18. The zero-order chi connectivity index (χ0) is 10.7. The maximum Gasteiger partial charge on any atom is 0.133 e. The van der Waals surface area contributed by atoms with Crippen molar-refractivity contribution in [3.63, 3.8) is 0 Å². The van der Waals surface area contributed by atoms with Crippen LogP contribution < -0.4 is 5.73 Å². The highest BCUT2D eigenvalue weighted by Crippen LogP contribution is 2.30. The molecule has 0 aliphatic rings. The van der Waals surface area contributed by atoms with E-state index in [2.05, 4.69) is 34.8 Å². The Balaban J connectivity index is 2.17. The Bertz CT molecular complexity index is 406. The van der Waals surface area contributed by atoms with E-state index < -0.39 is 0 Å². The van der Waals surface area contributed by atoms with Crippen molar-refractivity contribution < 1.29 is 0 Å². The van der Waals surface area contributed by atoms with Crippen molar-refractivity contribution in [2.75, 3.05) is 6.54 Å². The minimum atomic E-state index is 0.472. The lowest BCUT2D eigenvalue weighted by molar-refractivity contribution is 0.675. The minimum absolute atomic E-state index is 0.472. The van der Waals surface area contributed by atoms with E-state index in [1.807, 2.05) is 0 Å². The van der Waals surface area contributed by atoms with Gasteiger partial charge in [-0.1, -0.05) is 13.0 Å². The lowest BCUT2D eigenvalue weighted by atomic mass is 10.1. The molecule has 2 heterocycles. The number of aromatic nitrogens is 1. The van der Waals surface area contributed by atoms with E-state index in [-0.39, 0.29) is 0 Å². The second kappa shape index (κ2) is 4.88. The zero-order valence-corrected chi connectivity index (χ0v) is 10.3. The van der Waals surface area contributed by atoms with Crippen molar-refractivity contribution in [1.82, 2.24) is 4.98 Å². The van der Waals surface area contributed by atoms with Crippen LogP contribution in [0.25, 0.3) is 9.88 Å². The molecule has 0 saturated carbocycles. The Hall–Kier alpha value is -0.710. The zero-order valence-electron chi connectivity index (χ0n) is 8.64. The summed E-state index contributed by atoms with van der Waals surface area (Å²) in [6.07, 6.45) is 1.01. The molecule has 2 rings (SSSR count). The van der Waals surface area contributed by atoms with Gasteiger partial charge in [-0.2, -0.15) is 0 Å². The first-order chi connectivity index (χ1) is 7.31. The molecule has 2 N–H and O–H groups in total. The first kappa shape index (κ1) is 10.8. The lowest BCUT2D eigenvalue weighted by Gasteiger charge is -2.04. The van der Waals surface area contributed by atoms with E-state index in [0.29, 0.717) is 5.92 Å². The summed E-state index contributed by atoms with van der Waals surface area (Å²) < 4.78 is 0. The average molecular weight is 238 g/mol. The maximum atomic E-state index is 5.55. The fraction of sp³-hybridized carbons (Fsp3) is 0.364. The number of thiazole rings is 1. The van der Waals surface area contributed by atoms with Crippen molar-refractivity contribution in [3.8, 4) is 9.88 Å². The molecule has 0 amide bonds. The Labute approximate surface area is 97.8 Å². The maximum absolute atomic E-state index is 5.55. The monoisotopic (exact) mass is 238 g/mol. The predicted octanol–water partition coefficient (Wildman–Crippen LogP) is 3.32. The van der Waals surface area contributed by atoms with Crippen molar-refractivity contribution >= 4 is 22.7 Å². The lowest BCUT2D eigenvalue weighted by Crippen LogP contribution is -2.04. The van der Waals surface area contributed by atoms with Crippen molar-refractivity contribution in [2.45, 2.75) is 19.3 Å². The second-order valence-electron chi connectivity index (χ2n) is 3.53. The van der Waals surface area contributed by atoms with E-state index in [1.165, 1.54) is 10.6 Å². The molecule has 0 aromatic carbocycles. The number of thiophene rings is 1. The van der Waals surface area contributed by atoms with Gasteiger partial charge in [-0.25, -0.2) is 4.98 Å². The number of nitrogens with two attached hydrogens (primary N) is 1. The van der Waals surface area contributed by atoms with Gasteiger partial charge in [-0.3, -0.25) is 0 Å². The number of rotatable bonds is 4. The van der Waals surface area contributed by atoms with Crippen molar-refractivity contribution in [1.29, 1.82) is 0 Å². The van der Waals surface area contributed by atoms with Crippen LogP contribution in [0.3, 0.4) is 0 Å². The molecule has 80 valence electrons. The number of hydrogen-bond acceptors (Lipinski definition) is 4. The van der Waals surface area contributed by atoms with Crippen LogP contribution in [-0.4, -0.2) is 11.5 Å². The average Bonchev–Trinajstić information content (AvgIpc) is 2.89. The third-order valence-electron chi connectivity index (χ3n) is 2.36. The molecule has 2 aromatic rings. The van der Waals surface area contributed by atoms with Gasteiger partial charge in [0.05, 0.1) is 10.6 Å². The summed E-state index contributed by atoms with van der Waals surface area (Å²) in [6, 6.07) is 4.17. The molecule has 1 atom stereocenters. The Morgan fingerprint density at radius 3 is 3.00 bits per heavy atom. The first-order valence-corrected chi connectivity index (χ1v) is 6.76. The highest BCUT2D eigenvalue weighted by Gasteiger charge is 2.10. The van der Waals surface area contributed by atoms with Crippen LogP contribution in [0.4, 0.5) is 0 Å². The highest BCUT2D eigenvalue weighted by atomic mass is 32.1.